The van der Waals surface area contributed by atoms with Crippen LogP contribution in [0.3, 0.4) is 0 Å². The molecule has 0 rings (SSSR count). The molecular weight excluding hydrogens is 388 g/mol. The van der Waals surface area contributed by atoms with Gasteiger partial charge in [-0.1, -0.05) is 19.6 Å². The van der Waals surface area contributed by atoms with Gasteiger partial charge in [-0.3, -0.25) is 14.4 Å². The summed E-state index contributed by atoms with van der Waals surface area (Å²) in [6.07, 6.45) is -1.33. The molecule has 160 valence electrons. The summed E-state index contributed by atoms with van der Waals surface area (Å²) in [4.78, 5) is 57.7. The summed E-state index contributed by atoms with van der Waals surface area (Å²) in [6.45, 7) is 9.40. The van der Waals surface area contributed by atoms with Gasteiger partial charge in [-0.25, -0.2) is 9.59 Å². The van der Waals surface area contributed by atoms with Gasteiger partial charge in [0.15, 0.2) is 0 Å². The lowest BCUT2D eigenvalue weighted by Crippen LogP contribution is -2.54. The van der Waals surface area contributed by atoms with Crippen molar-refractivity contribution < 1.29 is 33.8 Å². The number of carbonyl (C=O) groups excluding carboxylic acids is 4. The molecule has 0 aliphatic heterocycles. The van der Waals surface area contributed by atoms with Crippen molar-refractivity contribution in [1.29, 1.82) is 0 Å². The Kier molecular flexibility index (Phi) is 10.2. The molecular formula is C16H30N4O7Si. The maximum atomic E-state index is 12.1. The number of rotatable bonds is 11. The molecule has 0 aromatic rings. The SMILES string of the molecule is C[C@H](NC(=O)OCC[Si](C)(C)C)C(=O)N[C@@H](C)C(=O)N[C@@H](CC(N)=O)C(=O)O. The Balaban J connectivity index is 4.50. The van der Waals surface area contributed by atoms with Crippen molar-refractivity contribution in [1.82, 2.24) is 16.0 Å². The van der Waals surface area contributed by atoms with Crippen LogP contribution in [0, 0.1) is 0 Å². The highest BCUT2D eigenvalue weighted by Gasteiger charge is 2.26. The molecule has 0 unspecified atom stereocenters. The average molecular weight is 419 g/mol. The molecule has 0 aromatic carbocycles. The van der Waals surface area contributed by atoms with E-state index in [1.54, 1.807) is 0 Å². The second-order valence-corrected chi connectivity index (χ2v) is 13.2. The van der Waals surface area contributed by atoms with Gasteiger partial charge in [0, 0.05) is 8.07 Å². The molecule has 0 saturated heterocycles. The number of carbonyl (C=O) groups is 5. The van der Waals surface area contributed by atoms with Gasteiger partial charge >= 0.3 is 12.1 Å². The van der Waals surface area contributed by atoms with Crippen LogP contribution in [0.5, 0.6) is 0 Å². The lowest BCUT2D eigenvalue weighted by Gasteiger charge is -2.20. The smallest absolute Gasteiger partial charge is 0.407 e. The van der Waals surface area contributed by atoms with Crippen LogP contribution >= 0.6 is 0 Å². The molecule has 0 aliphatic rings. The van der Waals surface area contributed by atoms with Crippen molar-refractivity contribution in [2.24, 2.45) is 5.73 Å². The second-order valence-electron chi connectivity index (χ2n) is 7.61. The standard InChI is InChI=1S/C16H30N4O7Si/c1-9(14(23)20-11(15(24)25)8-12(17)21)18-13(22)10(2)19-16(26)27-6-7-28(3,4)5/h9-11H,6-8H2,1-5H3,(H2,17,21)(H,18,22)(H,19,26)(H,20,23)(H,24,25)/t9-,10-,11-/m0/s1. The van der Waals surface area contributed by atoms with Crippen LogP contribution in [-0.2, 0) is 23.9 Å². The van der Waals surface area contributed by atoms with Gasteiger partial charge in [-0.05, 0) is 19.9 Å². The van der Waals surface area contributed by atoms with Crippen LogP contribution in [0.25, 0.3) is 0 Å². The number of ether oxygens (including phenoxy) is 1. The number of amides is 4. The van der Waals surface area contributed by atoms with Crippen molar-refractivity contribution in [3.63, 3.8) is 0 Å². The maximum Gasteiger partial charge on any atom is 0.407 e. The molecule has 0 radical (unpaired) electrons. The first-order valence-electron chi connectivity index (χ1n) is 8.78. The Morgan fingerprint density at radius 1 is 0.964 bits per heavy atom. The second kappa shape index (κ2) is 11.3. The first kappa shape index (κ1) is 25.4. The molecule has 0 aliphatic carbocycles. The number of hydrogen-bond donors (Lipinski definition) is 5. The third kappa shape index (κ3) is 11.2. The molecule has 3 atom stereocenters. The van der Waals surface area contributed by atoms with Gasteiger partial charge in [0.05, 0.1) is 13.0 Å². The Morgan fingerprint density at radius 2 is 1.46 bits per heavy atom. The Labute approximate surface area is 164 Å². The molecule has 0 aromatic heterocycles. The molecule has 11 nitrogen and oxygen atoms in total. The lowest BCUT2D eigenvalue weighted by atomic mass is 10.2. The zero-order valence-corrected chi connectivity index (χ0v) is 17.8. The van der Waals surface area contributed by atoms with Crippen molar-refractivity contribution in [2.75, 3.05) is 6.61 Å². The van der Waals surface area contributed by atoms with E-state index in [9.17, 15) is 24.0 Å². The fourth-order valence-electron chi connectivity index (χ4n) is 1.84. The number of aliphatic carboxylic acids is 1. The predicted molar refractivity (Wildman–Crippen MR) is 103 cm³/mol. The molecule has 4 amide bonds. The quantitative estimate of drug-likeness (QED) is 0.278. The summed E-state index contributed by atoms with van der Waals surface area (Å²) in [6, 6.07) is -2.79. The van der Waals surface area contributed by atoms with E-state index in [-0.39, 0.29) is 6.61 Å². The number of hydrogen-bond acceptors (Lipinski definition) is 6. The van der Waals surface area contributed by atoms with Crippen molar-refractivity contribution in [3.05, 3.63) is 0 Å². The molecule has 6 N–H and O–H groups in total. The fourth-order valence-corrected chi connectivity index (χ4v) is 2.55. The Hall–Kier alpha value is -2.63. The van der Waals surface area contributed by atoms with Crippen LogP contribution in [0.4, 0.5) is 4.79 Å². The summed E-state index contributed by atoms with van der Waals surface area (Å²) < 4.78 is 5.02. The Morgan fingerprint density at radius 3 is 1.93 bits per heavy atom. The zero-order valence-electron chi connectivity index (χ0n) is 16.8. The van der Waals surface area contributed by atoms with E-state index in [1.165, 1.54) is 13.8 Å². The number of alkyl carbamates (subject to hydrolysis) is 1. The van der Waals surface area contributed by atoms with Crippen LogP contribution in [-0.4, -0.2) is 67.7 Å². The first-order chi connectivity index (χ1) is 12.7. The van der Waals surface area contributed by atoms with Gasteiger partial charge in [0.1, 0.15) is 18.1 Å². The molecule has 0 bridgehead atoms. The summed E-state index contributed by atoms with van der Waals surface area (Å²) in [7, 11) is -1.35. The van der Waals surface area contributed by atoms with Gasteiger partial charge in [-0.2, -0.15) is 0 Å². The van der Waals surface area contributed by atoms with E-state index in [0.717, 1.165) is 6.04 Å². The van der Waals surface area contributed by atoms with Crippen molar-refractivity contribution in [3.8, 4) is 0 Å². The molecule has 0 fully saturated rings. The van der Waals surface area contributed by atoms with Gasteiger partial charge < -0.3 is 31.5 Å². The molecule has 28 heavy (non-hydrogen) atoms. The van der Waals surface area contributed by atoms with E-state index in [1.807, 2.05) is 0 Å². The normalized spacial score (nSPS) is 14.2. The highest BCUT2D eigenvalue weighted by molar-refractivity contribution is 6.76. The fraction of sp³-hybridized carbons (Fsp3) is 0.688. The van der Waals surface area contributed by atoms with Crippen LogP contribution in [0.2, 0.25) is 25.7 Å². The summed E-state index contributed by atoms with van der Waals surface area (Å²) >= 11 is 0. The van der Waals surface area contributed by atoms with Gasteiger partial charge in [0.25, 0.3) is 0 Å². The molecule has 12 heteroatoms. The summed E-state index contributed by atoms with van der Waals surface area (Å²) in [5, 5.41) is 15.8. The van der Waals surface area contributed by atoms with Crippen LogP contribution in [0.1, 0.15) is 20.3 Å². The number of carboxylic acids is 1. The van der Waals surface area contributed by atoms with Crippen molar-refractivity contribution in [2.45, 2.75) is 64.1 Å². The Bertz CT molecular complexity index is 606. The van der Waals surface area contributed by atoms with E-state index in [0.29, 0.717) is 0 Å². The molecule has 0 saturated carbocycles. The number of nitrogens with one attached hydrogen (secondary N) is 3. The first-order valence-corrected chi connectivity index (χ1v) is 12.5. The molecule has 0 spiro atoms. The minimum atomic E-state index is -1.50. The molecule has 0 heterocycles. The predicted octanol–water partition coefficient (Wildman–Crippen LogP) is -0.611. The van der Waals surface area contributed by atoms with E-state index in [4.69, 9.17) is 15.6 Å². The summed E-state index contributed by atoms with van der Waals surface area (Å²) in [5.74, 6) is -3.80. The average Bonchev–Trinajstić information content (AvgIpc) is 2.51. The zero-order chi connectivity index (χ0) is 22.1. The largest absolute Gasteiger partial charge is 0.480 e. The monoisotopic (exact) mass is 418 g/mol. The number of carboxylic acid groups (broad SMARTS) is 1. The number of nitrogens with two attached hydrogens (primary N) is 1. The van der Waals surface area contributed by atoms with E-state index >= 15 is 0 Å². The highest BCUT2D eigenvalue weighted by Crippen LogP contribution is 2.07. The van der Waals surface area contributed by atoms with Crippen LogP contribution in [0.15, 0.2) is 0 Å². The van der Waals surface area contributed by atoms with Gasteiger partial charge in [0.2, 0.25) is 17.7 Å². The third-order valence-corrected chi connectivity index (χ3v) is 5.29. The summed E-state index contributed by atoms with van der Waals surface area (Å²) in [5.41, 5.74) is 4.93. The highest BCUT2D eigenvalue weighted by atomic mass is 28.3. The topological polar surface area (TPSA) is 177 Å². The third-order valence-electron chi connectivity index (χ3n) is 3.58. The van der Waals surface area contributed by atoms with Gasteiger partial charge in [-0.15, -0.1) is 0 Å². The van der Waals surface area contributed by atoms with Crippen LogP contribution < -0.4 is 21.7 Å². The minimum Gasteiger partial charge on any atom is -0.480 e. The minimum absolute atomic E-state index is 0.255. The lowest BCUT2D eigenvalue weighted by molar-refractivity contribution is -0.143. The maximum absolute atomic E-state index is 12.1. The van der Waals surface area contributed by atoms with Crippen molar-refractivity contribution >= 4 is 37.9 Å². The number of primary amides is 1. The van der Waals surface area contributed by atoms with E-state index in [2.05, 4.69) is 35.6 Å². The van der Waals surface area contributed by atoms with E-state index < -0.39 is 62.4 Å².